The molecule has 0 fully saturated rings. The van der Waals surface area contributed by atoms with Crippen molar-refractivity contribution < 1.29 is 0 Å². The molecule has 0 radical (unpaired) electrons. The molecule has 0 unspecified atom stereocenters. The second kappa shape index (κ2) is 20.1. The van der Waals surface area contributed by atoms with Crippen LogP contribution in [0.2, 0.25) is 0 Å². The number of nitrogens with zero attached hydrogens (tertiary/aromatic N) is 3. The minimum atomic E-state index is -0.246. The second-order valence-electron chi connectivity index (χ2n) is 37.7. The number of anilines is 9. The maximum Gasteiger partial charge on any atom is 0.252 e. The smallest absolute Gasteiger partial charge is 0.252 e. The number of benzene rings is 8. The minimum absolute atomic E-state index is 0.00750. The molecule has 0 saturated carbocycles. The molecule has 0 spiro atoms. The summed E-state index contributed by atoms with van der Waals surface area (Å²) in [4.78, 5) is 8.15. The van der Waals surface area contributed by atoms with E-state index in [1.165, 1.54) is 153 Å². The van der Waals surface area contributed by atoms with Crippen molar-refractivity contribution in [1.29, 1.82) is 0 Å². The molecule has 8 aromatic carbocycles. The Bertz CT molecular complexity index is 4380. The molecule has 0 aromatic heterocycles. The zero-order valence-electron chi connectivity index (χ0n) is 61.8. The molecule has 0 N–H and O–H groups in total. The van der Waals surface area contributed by atoms with Gasteiger partial charge in [0.05, 0.1) is 5.69 Å². The van der Waals surface area contributed by atoms with E-state index in [9.17, 15) is 0 Å². The fourth-order valence-corrected chi connectivity index (χ4v) is 18.0. The van der Waals surface area contributed by atoms with Crippen molar-refractivity contribution in [2.75, 3.05) is 14.7 Å². The fraction of sp³-hybridized carbons (Fsp3) is 0.461. The Morgan fingerprint density at radius 2 is 0.656 bits per heavy atom. The standard InChI is InChI=1S/C89H108BN3/c1-53-42-57(82(9,10)11)30-35-73(53)92-76-52-70-68(86(18,19)39-41-88(70,22)23)50-72(76)90-71-49-64-62(61-46-66-67(48-63(61)89(64,24)25)85(16,17)38-37-84(66,14)15)47-75(71)93(74-51-69-65(43-54(74)2)83(12,13)36-40-87(69,20)21)78-45-60(44-77(92)79(78)90)91(58-31-26-55(27-32-58)80(3,4)5)59-33-28-56(29-34-59)81(6,7)8/h26-35,42-52H,36-41H2,1-25H3. The first-order chi connectivity index (χ1) is 43.0. The maximum atomic E-state index is 2.81. The van der Waals surface area contributed by atoms with E-state index in [0.717, 1.165) is 36.3 Å². The zero-order chi connectivity index (χ0) is 67.0. The highest BCUT2D eigenvalue weighted by atomic mass is 15.2. The Balaban J connectivity index is 1.17. The average Bonchev–Trinajstić information content (AvgIpc) is 1.62. The topological polar surface area (TPSA) is 9.72 Å². The van der Waals surface area contributed by atoms with Gasteiger partial charge in [-0.3, -0.25) is 0 Å². The Hall–Kier alpha value is -6.78. The monoisotopic (exact) mass is 1230 g/mol. The molecule has 6 aliphatic rings. The van der Waals surface area contributed by atoms with Gasteiger partial charge in [0.15, 0.2) is 0 Å². The van der Waals surface area contributed by atoms with Crippen LogP contribution in [-0.4, -0.2) is 6.71 Å². The summed E-state index contributed by atoms with van der Waals surface area (Å²) >= 11 is 0. The Morgan fingerprint density at radius 3 is 1.11 bits per heavy atom. The third-order valence-corrected chi connectivity index (χ3v) is 24.7. The van der Waals surface area contributed by atoms with E-state index < -0.39 is 0 Å². The van der Waals surface area contributed by atoms with Crippen LogP contribution >= 0.6 is 0 Å². The van der Waals surface area contributed by atoms with Crippen LogP contribution in [0.5, 0.6) is 0 Å². The summed E-state index contributed by atoms with van der Waals surface area (Å²) < 4.78 is 0. The first kappa shape index (κ1) is 63.6. The third-order valence-electron chi connectivity index (χ3n) is 24.7. The van der Waals surface area contributed by atoms with Gasteiger partial charge < -0.3 is 14.7 Å². The number of fused-ring (bicyclic) bond motifs is 10. The summed E-state index contributed by atoms with van der Waals surface area (Å²) in [5, 5.41) is 0. The maximum absolute atomic E-state index is 2.81. The van der Waals surface area contributed by atoms with E-state index in [1.807, 2.05) is 0 Å². The number of hydrogen-bond acceptors (Lipinski definition) is 3. The van der Waals surface area contributed by atoms with Crippen molar-refractivity contribution in [3.05, 3.63) is 200 Å². The lowest BCUT2D eigenvalue weighted by atomic mass is 9.33. The Kier molecular flexibility index (Phi) is 13.8. The van der Waals surface area contributed by atoms with Gasteiger partial charge in [0.2, 0.25) is 0 Å². The van der Waals surface area contributed by atoms with E-state index in [0.29, 0.717) is 0 Å². The molecule has 2 aliphatic heterocycles. The minimum Gasteiger partial charge on any atom is -0.311 e. The zero-order valence-corrected chi connectivity index (χ0v) is 61.8. The Labute approximate surface area is 562 Å². The largest absolute Gasteiger partial charge is 0.311 e. The molecular weight excluding hydrogens is 1120 g/mol. The number of rotatable bonds is 5. The van der Waals surface area contributed by atoms with Crippen LogP contribution in [0.25, 0.3) is 11.1 Å². The summed E-state index contributed by atoms with van der Waals surface area (Å²) in [5.74, 6) is 0. The second-order valence-corrected chi connectivity index (χ2v) is 37.7. The van der Waals surface area contributed by atoms with Gasteiger partial charge in [0, 0.05) is 50.9 Å². The molecule has 14 rings (SSSR count). The van der Waals surface area contributed by atoms with Gasteiger partial charge in [0.1, 0.15) is 0 Å². The first-order valence-corrected chi connectivity index (χ1v) is 35.7. The Morgan fingerprint density at radius 1 is 0.312 bits per heavy atom. The van der Waals surface area contributed by atoms with Gasteiger partial charge in [-0.05, 0) is 268 Å². The summed E-state index contributed by atoms with van der Waals surface area (Å²) in [6.07, 6.45) is 6.97. The molecular formula is C89H108BN3. The molecule has 0 atom stereocenters. The lowest BCUT2D eigenvalue weighted by Crippen LogP contribution is -2.62. The van der Waals surface area contributed by atoms with Crippen LogP contribution < -0.4 is 31.1 Å². The van der Waals surface area contributed by atoms with E-state index in [4.69, 9.17) is 0 Å². The van der Waals surface area contributed by atoms with Gasteiger partial charge in [-0.25, -0.2) is 0 Å². The first-order valence-electron chi connectivity index (χ1n) is 35.7. The molecule has 2 heterocycles. The predicted molar refractivity (Wildman–Crippen MR) is 404 cm³/mol. The summed E-state index contributed by atoms with van der Waals surface area (Å²) in [5.41, 5.74) is 36.4. The van der Waals surface area contributed by atoms with Gasteiger partial charge in [-0.15, -0.1) is 0 Å². The highest BCUT2D eigenvalue weighted by Crippen LogP contribution is 2.59. The van der Waals surface area contributed by atoms with E-state index >= 15 is 0 Å². The van der Waals surface area contributed by atoms with Crippen LogP contribution in [0.15, 0.2) is 127 Å². The molecule has 3 nitrogen and oxygen atoms in total. The molecule has 0 saturated heterocycles. The van der Waals surface area contributed by atoms with Gasteiger partial charge in [-0.1, -0.05) is 220 Å². The van der Waals surface area contributed by atoms with Crippen molar-refractivity contribution >= 4 is 74.3 Å². The lowest BCUT2D eigenvalue weighted by molar-refractivity contribution is 0.331. The summed E-state index contributed by atoms with van der Waals surface area (Å²) in [7, 11) is 0. The number of aryl methyl sites for hydroxylation is 2. The van der Waals surface area contributed by atoms with Crippen molar-refractivity contribution in [2.24, 2.45) is 0 Å². The molecule has 0 bridgehead atoms. The van der Waals surface area contributed by atoms with Gasteiger partial charge in [-0.2, -0.15) is 0 Å². The van der Waals surface area contributed by atoms with Crippen LogP contribution in [0.1, 0.15) is 270 Å². The van der Waals surface area contributed by atoms with Gasteiger partial charge >= 0.3 is 0 Å². The highest BCUT2D eigenvalue weighted by molar-refractivity contribution is 7.00. The lowest BCUT2D eigenvalue weighted by Gasteiger charge is -2.48. The van der Waals surface area contributed by atoms with Crippen LogP contribution in [0, 0.1) is 13.8 Å². The average molecular weight is 1230 g/mol. The SMILES string of the molecule is Cc1cc(C(C)(C)C)ccc1N1c2cc3c(cc2B2c4cc5c(cc4N(c4cc6c(cc4C)C(C)(C)CCC6(C)C)c4cc(N(c6ccc(C(C)(C)C)cc6)c6ccc(C(C)(C)C)cc6)cc1c42)-c1cc2c(cc1C5(C)C)C(C)(C)CCC2(C)C)C(C)(C)CCC3(C)C. The highest BCUT2D eigenvalue weighted by Gasteiger charge is 2.51. The molecule has 8 aromatic rings. The number of hydrogen-bond donors (Lipinski definition) is 0. The normalized spacial score (nSPS) is 19.5. The van der Waals surface area contributed by atoms with Crippen LogP contribution in [0.4, 0.5) is 51.2 Å². The molecule has 4 aliphatic carbocycles. The molecule has 482 valence electrons. The fourth-order valence-electron chi connectivity index (χ4n) is 18.0. The van der Waals surface area contributed by atoms with Crippen molar-refractivity contribution in [1.82, 2.24) is 0 Å². The molecule has 4 heteroatoms. The predicted octanol–water partition coefficient (Wildman–Crippen LogP) is 23.1. The van der Waals surface area contributed by atoms with Crippen LogP contribution in [0.3, 0.4) is 0 Å². The van der Waals surface area contributed by atoms with E-state index in [1.54, 1.807) is 0 Å². The van der Waals surface area contributed by atoms with Crippen molar-refractivity contribution in [3.63, 3.8) is 0 Å². The summed E-state index contributed by atoms with van der Waals surface area (Å²) in [6.45, 7) is 61.0. The molecule has 93 heavy (non-hydrogen) atoms. The van der Waals surface area contributed by atoms with Crippen molar-refractivity contribution in [2.45, 2.75) is 266 Å². The van der Waals surface area contributed by atoms with Gasteiger partial charge in [0.25, 0.3) is 6.71 Å². The van der Waals surface area contributed by atoms with E-state index in [-0.39, 0.29) is 60.9 Å². The van der Waals surface area contributed by atoms with Crippen LogP contribution in [-0.2, 0) is 54.1 Å². The van der Waals surface area contributed by atoms with E-state index in [2.05, 4.69) is 315 Å². The molecule has 0 amide bonds. The van der Waals surface area contributed by atoms with Crippen molar-refractivity contribution in [3.8, 4) is 11.1 Å². The third kappa shape index (κ3) is 9.82. The quantitative estimate of drug-likeness (QED) is 0.159. The summed E-state index contributed by atoms with van der Waals surface area (Å²) in [6, 6.07) is 53.3.